The molecule has 134 valence electrons. The van der Waals surface area contributed by atoms with E-state index >= 15 is 0 Å². The van der Waals surface area contributed by atoms with Gasteiger partial charge < -0.3 is 15.2 Å². The van der Waals surface area contributed by atoms with Crippen LogP contribution in [0, 0.1) is 0 Å². The third kappa shape index (κ3) is 4.36. The Morgan fingerprint density at radius 1 is 1.24 bits per heavy atom. The van der Waals surface area contributed by atoms with Gasteiger partial charge in [-0.25, -0.2) is 4.79 Å². The first-order valence-corrected chi connectivity index (χ1v) is 8.82. The van der Waals surface area contributed by atoms with Gasteiger partial charge in [-0.2, -0.15) is 0 Å². The lowest BCUT2D eigenvalue weighted by molar-refractivity contribution is 0.218. The van der Waals surface area contributed by atoms with Crippen LogP contribution in [-0.4, -0.2) is 45.3 Å². The van der Waals surface area contributed by atoms with E-state index in [1.54, 1.807) is 6.33 Å². The molecule has 0 aliphatic carbocycles. The van der Waals surface area contributed by atoms with Crippen LogP contribution in [0.5, 0.6) is 0 Å². The molecule has 2 N–H and O–H groups in total. The van der Waals surface area contributed by atoms with Gasteiger partial charge in [0.1, 0.15) is 6.33 Å². The molecule has 1 aromatic heterocycles. The number of likely N-dealkylation sites (tertiary alicyclic amines) is 1. The fourth-order valence-corrected chi connectivity index (χ4v) is 3.37. The predicted molar refractivity (Wildman–Crippen MR) is 95.9 cm³/mol. The summed E-state index contributed by atoms with van der Waals surface area (Å²) < 4.78 is 1.81. The molecular formula is C18H26N6O. The Bertz CT molecular complexity index is 680. The third-order valence-electron chi connectivity index (χ3n) is 4.70. The molecule has 7 heteroatoms. The molecule has 0 spiro atoms. The van der Waals surface area contributed by atoms with Gasteiger partial charge >= 0.3 is 6.03 Å². The molecule has 2 aromatic rings. The van der Waals surface area contributed by atoms with Crippen molar-refractivity contribution in [2.24, 2.45) is 7.05 Å². The molecule has 2 atom stereocenters. The highest BCUT2D eigenvalue weighted by Crippen LogP contribution is 2.24. The van der Waals surface area contributed by atoms with Gasteiger partial charge in [-0.05, 0) is 38.4 Å². The van der Waals surface area contributed by atoms with Crippen LogP contribution in [0.3, 0.4) is 0 Å². The van der Waals surface area contributed by atoms with Crippen LogP contribution in [-0.2, 0) is 7.05 Å². The zero-order valence-corrected chi connectivity index (χ0v) is 14.9. The number of amides is 2. The van der Waals surface area contributed by atoms with Crippen LogP contribution in [0.15, 0.2) is 36.7 Å². The quantitative estimate of drug-likeness (QED) is 0.842. The number of carbonyl (C=O) groups excluding carboxylic acids is 1. The largest absolute Gasteiger partial charge is 0.336 e. The molecule has 0 radical (unpaired) electrons. The molecule has 7 nitrogen and oxygen atoms in total. The second-order valence-corrected chi connectivity index (χ2v) is 6.55. The van der Waals surface area contributed by atoms with Crippen LogP contribution >= 0.6 is 0 Å². The molecule has 25 heavy (non-hydrogen) atoms. The van der Waals surface area contributed by atoms with Crippen molar-refractivity contribution in [2.75, 3.05) is 19.6 Å². The van der Waals surface area contributed by atoms with E-state index in [2.05, 4.69) is 50.0 Å². The maximum atomic E-state index is 12.3. The normalized spacial score (nSPS) is 17.2. The molecule has 2 heterocycles. The van der Waals surface area contributed by atoms with Gasteiger partial charge in [0.15, 0.2) is 5.82 Å². The van der Waals surface area contributed by atoms with Crippen molar-refractivity contribution in [2.45, 2.75) is 31.8 Å². The van der Waals surface area contributed by atoms with Gasteiger partial charge in [0, 0.05) is 13.6 Å². The number of carbonyl (C=O) groups is 1. The number of nitrogens with zero attached hydrogens (tertiary/aromatic N) is 4. The molecule has 0 saturated carbocycles. The van der Waals surface area contributed by atoms with Crippen molar-refractivity contribution in [3.05, 3.63) is 48.0 Å². The molecule has 0 bridgehead atoms. The number of urea groups is 1. The highest BCUT2D eigenvalue weighted by atomic mass is 16.2. The summed E-state index contributed by atoms with van der Waals surface area (Å²) in [6.45, 7) is 4.65. The monoisotopic (exact) mass is 342 g/mol. The summed E-state index contributed by atoms with van der Waals surface area (Å²) in [6, 6.07) is 10.2. The summed E-state index contributed by atoms with van der Waals surface area (Å²) in [4.78, 5) is 14.8. The standard InChI is InChI=1S/C18H26N6O/c1-14(17-22-20-13-23(17)2)21-18(25)19-12-16(24-10-6-7-11-24)15-8-4-3-5-9-15/h3-5,8-9,13-14,16H,6-7,10-12H2,1-2H3,(H2,19,21,25)/t14-,16-/m1/s1. The fraction of sp³-hybridized carbons (Fsp3) is 0.500. The average molecular weight is 342 g/mol. The molecular weight excluding hydrogens is 316 g/mol. The number of hydrogen-bond acceptors (Lipinski definition) is 4. The smallest absolute Gasteiger partial charge is 0.315 e. The van der Waals surface area contributed by atoms with E-state index in [0.717, 1.165) is 18.9 Å². The Hall–Kier alpha value is -2.41. The summed E-state index contributed by atoms with van der Waals surface area (Å²) in [5.74, 6) is 0.731. The second kappa shape index (κ2) is 8.11. The topological polar surface area (TPSA) is 75.1 Å². The minimum Gasteiger partial charge on any atom is -0.336 e. The Labute approximate surface area is 148 Å². The van der Waals surface area contributed by atoms with Gasteiger partial charge in [-0.3, -0.25) is 4.90 Å². The molecule has 3 rings (SSSR count). The third-order valence-corrected chi connectivity index (χ3v) is 4.70. The maximum Gasteiger partial charge on any atom is 0.315 e. The van der Waals surface area contributed by atoms with Gasteiger partial charge in [0.2, 0.25) is 0 Å². The first kappa shape index (κ1) is 17.4. The maximum absolute atomic E-state index is 12.3. The number of benzene rings is 1. The van der Waals surface area contributed by atoms with Gasteiger partial charge in [-0.15, -0.1) is 10.2 Å². The first-order valence-electron chi connectivity index (χ1n) is 8.82. The van der Waals surface area contributed by atoms with E-state index in [4.69, 9.17) is 0 Å². The van der Waals surface area contributed by atoms with E-state index in [0.29, 0.717) is 6.54 Å². The Morgan fingerprint density at radius 2 is 1.96 bits per heavy atom. The average Bonchev–Trinajstić information content (AvgIpc) is 3.28. The van der Waals surface area contributed by atoms with Crippen molar-refractivity contribution in [3.8, 4) is 0 Å². The van der Waals surface area contributed by atoms with Crippen LogP contribution in [0.25, 0.3) is 0 Å². The van der Waals surface area contributed by atoms with Gasteiger partial charge in [0.05, 0.1) is 12.1 Å². The van der Waals surface area contributed by atoms with Crippen molar-refractivity contribution >= 4 is 6.03 Å². The molecule has 1 aliphatic rings. The summed E-state index contributed by atoms with van der Waals surface area (Å²) in [5.41, 5.74) is 1.24. The predicted octanol–water partition coefficient (Wildman–Crippen LogP) is 2.01. The number of aromatic nitrogens is 3. The summed E-state index contributed by atoms with van der Waals surface area (Å²) in [5, 5.41) is 13.8. The minimum absolute atomic E-state index is 0.185. The lowest BCUT2D eigenvalue weighted by Crippen LogP contribution is -2.42. The lowest BCUT2D eigenvalue weighted by atomic mass is 10.1. The van der Waals surface area contributed by atoms with E-state index in [-0.39, 0.29) is 18.1 Å². The SMILES string of the molecule is C[C@@H](NC(=O)NC[C@H](c1ccccc1)N1CCCC1)c1nncn1C. The van der Waals surface area contributed by atoms with E-state index < -0.39 is 0 Å². The lowest BCUT2D eigenvalue weighted by Gasteiger charge is -2.28. The Balaban J connectivity index is 1.59. The van der Waals surface area contributed by atoms with Crippen molar-refractivity contribution in [1.29, 1.82) is 0 Å². The van der Waals surface area contributed by atoms with Crippen molar-refractivity contribution in [3.63, 3.8) is 0 Å². The van der Waals surface area contributed by atoms with Crippen LogP contribution < -0.4 is 10.6 Å². The number of rotatable bonds is 6. The molecule has 1 aromatic carbocycles. The number of nitrogens with one attached hydrogen (secondary N) is 2. The molecule has 1 saturated heterocycles. The van der Waals surface area contributed by atoms with Crippen molar-refractivity contribution < 1.29 is 4.79 Å². The van der Waals surface area contributed by atoms with Gasteiger partial charge in [0.25, 0.3) is 0 Å². The van der Waals surface area contributed by atoms with E-state index in [9.17, 15) is 4.79 Å². The van der Waals surface area contributed by atoms with Gasteiger partial charge in [-0.1, -0.05) is 30.3 Å². The van der Waals surface area contributed by atoms with Crippen LogP contribution in [0.1, 0.15) is 43.2 Å². The zero-order valence-electron chi connectivity index (χ0n) is 14.9. The second-order valence-electron chi connectivity index (χ2n) is 6.55. The first-order chi connectivity index (χ1) is 12.1. The highest BCUT2D eigenvalue weighted by Gasteiger charge is 2.24. The highest BCUT2D eigenvalue weighted by molar-refractivity contribution is 5.74. The van der Waals surface area contributed by atoms with E-state index in [1.807, 2.05) is 24.6 Å². The minimum atomic E-state index is -0.200. The number of hydrogen-bond donors (Lipinski definition) is 2. The Kier molecular flexibility index (Phi) is 5.65. The van der Waals surface area contributed by atoms with Crippen LogP contribution in [0.4, 0.5) is 4.79 Å². The summed E-state index contributed by atoms with van der Waals surface area (Å²) in [6.07, 6.45) is 4.07. The molecule has 1 fully saturated rings. The Morgan fingerprint density at radius 3 is 2.60 bits per heavy atom. The fourth-order valence-electron chi connectivity index (χ4n) is 3.37. The summed E-state index contributed by atoms with van der Waals surface area (Å²) >= 11 is 0. The summed E-state index contributed by atoms with van der Waals surface area (Å²) in [7, 11) is 1.87. The molecule has 1 aliphatic heterocycles. The number of aryl methyl sites for hydroxylation is 1. The molecule has 2 amide bonds. The van der Waals surface area contributed by atoms with E-state index in [1.165, 1.54) is 18.4 Å². The zero-order chi connectivity index (χ0) is 17.6. The molecule has 0 unspecified atom stereocenters. The van der Waals surface area contributed by atoms with Crippen LogP contribution in [0.2, 0.25) is 0 Å². The van der Waals surface area contributed by atoms with Crippen molar-refractivity contribution in [1.82, 2.24) is 30.3 Å².